The molecule has 3 rings (SSSR count). The molecule has 2 unspecified atom stereocenters. The molecule has 0 bridgehead atoms. The highest BCUT2D eigenvalue weighted by molar-refractivity contribution is 6.21. The predicted octanol–water partition coefficient (Wildman–Crippen LogP) is 3.60. The van der Waals surface area contributed by atoms with Crippen LogP contribution in [-0.4, -0.2) is 11.3 Å². The SMILES string of the molecule is O=C(NC1c2ccccc2CC1Cl)c1ccc(F)cc1F. The van der Waals surface area contributed by atoms with Gasteiger partial charge in [-0.05, 0) is 29.7 Å². The van der Waals surface area contributed by atoms with Gasteiger partial charge in [0.15, 0.2) is 0 Å². The van der Waals surface area contributed by atoms with Crippen LogP contribution in [0.1, 0.15) is 27.5 Å². The van der Waals surface area contributed by atoms with E-state index in [1.165, 1.54) is 0 Å². The lowest BCUT2D eigenvalue weighted by molar-refractivity contribution is 0.0933. The molecule has 2 aromatic carbocycles. The van der Waals surface area contributed by atoms with Crippen LogP contribution in [0.15, 0.2) is 42.5 Å². The average Bonchev–Trinajstić information content (AvgIpc) is 2.75. The molecular formula is C16H12ClF2NO. The van der Waals surface area contributed by atoms with Crippen molar-refractivity contribution >= 4 is 17.5 Å². The van der Waals surface area contributed by atoms with Crippen molar-refractivity contribution in [3.8, 4) is 0 Å². The molecule has 0 fully saturated rings. The largest absolute Gasteiger partial charge is 0.344 e. The van der Waals surface area contributed by atoms with Gasteiger partial charge < -0.3 is 5.32 Å². The molecule has 1 aliphatic rings. The van der Waals surface area contributed by atoms with Gasteiger partial charge in [-0.1, -0.05) is 24.3 Å². The number of rotatable bonds is 2. The number of fused-ring (bicyclic) bond motifs is 1. The molecule has 21 heavy (non-hydrogen) atoms. The topological polar surface area (TPSA) is 29.1 Å². The number of carbonyl (C=O) groups is 1. The van der Waals surface area contributed by atoms with E-state index in [1.807, 2.05) is 24.3 Å². The molecule has 0 spiro atoms. The summed E-state index contributed by atoms with van der Waals surface area (Å²) in [6.45, 7) is 0. The molecule has 2 aromatic rings. The zero-order chi connectivity index (χ0) is 15.0. The number of benzene rings is 2. The summed E-state index contributed by atoms with van der Waals surface area (Å²) in [5.74, 6) is -2.20. The molecule has 2 nitrogen and oxygen atoms in total. The van der Waals surface area contributed by atoms with Gasteiger partial charge in [0.1, 0.15) is 11.6 Å². The van der Waals surface area contributed by atoms with Gasteiger partial charge in [-0.15, -0.1) is 11.6 Å². The fourth-order valence-corrected chi connectivity index (χ4v) is 2.97. The Kier molecular flexibility index (Phi) is 3.64. The minimum atomic E-state index is -0.884. The van der Waals surface area contributed by atoms with Crippen LogP contribution in [0.3, 0.4) is 0 Å². The highest BCUT2D eigenvalue weighted by atomic mass is 35.5. The monoisotopic (exact) mass is 307 g/mol. The Balaban J connectivity index is 1.85. The second-order valence-corrected chi connectivity index (χ2v) is 5.55. The molecule has 2 atom stereocenters. The van der Waals surface area contributed by atoms with E-state index in [0.717, 1.165) is 23.3 Å². The lowest BCUT2D eigenvalue weighted by atomic mass is 10.1. The highest BCUT2D eigenvalue weighted by Gasteiger charge is 2.32. The Labute approximate surface area is 125 Å². The van der Waals surface area contributed by atoms with E-state index in [4.69, 9.17) is 11.6 Å². The van der Waals surface area contributed by atoms with E-state index in [2.05, 4.69) is 5.32 Å². The van der Waals surface area contributed by atoms with Crippen molar-refractivity contribution < 1.29 is 13.6 Å². The van der Waals surface area contributed by atoms with Crippen LogP contribution >= 0.6 is 11.6 Å². The van der Waals surface area contributed by atoms with Gasteiger partial charge in [-0.3, -0.25) is 4.79 Å². The summed E-state index contributed by atoms with van der Waals surface area (Å²) in [5, 5.41) is 2.45. The fraction of sp³-hybridized carbons (Fsp3) is 0.188. The highest BCUT2D eigenvalue weighted by Crippen LogP contribution is 2.34. The van der Waals surface area contributed by atoms with Gasteiger partial charge in [-0.25, -0.2) is 8.78 Å². The Morgan fingerprint density at radius 3 is 2.71 bits per heavy atom. The zero-order valence-corrected chi connectivity index (χ0v) is 11.7. The lowest BCUT2D eigenvalue weighted by Crippen LogP contribution is -2.32. The second kappa shape index (κ2) is 5.45. The first-order valence-electron chi connectivity index (χ1n) is 6.54. The molecule has 0 heterocycles. The molecule has 0 saturated carbocycles. The molecule has 108 valence electrons. The maximum atomic E-state index is 13.6. The van der Waals surface area contributed by atoms with E-state index in [9.17, 15) is 13.6 Å². The second-order valence-electron chi connectivity index (χ2n) is 4.99. The van der Waals surface area contributed by atoms with Gasteiger partial charge >= 0.3 is 0 Å². The van der Waals surface area contributed by atoms with Gasteiger partial charge in [-0.2, -0.15) is 0 Å². The lowest BCUT2D eigenvalue weighted by Gasteiger charge is -2.17. The van der Waals surface area contributed by atoms with Crippen molar-refractivity contribution in [2.45, 2.75) is 17.8 Å². The minimum absolute atomic E-state index is 0.190. The summed E-state index contributed by atoms with van der Waals surface area (Å²) in [4.78, 5) is 12.2. The Hall–Kier alpha value is -1.94. The van der Waals surface area contributed by atoms with Crippen LogP contribution in [0, 0.1) is 11.6 Å². The van der Waals surface area contributed by atoms with Gasteiger partial charge in [0.2, 0.25) is 0 Å². The molecule has 0 radical (unpaired) electrons. The van der Waals surface area contributed by atoms with Crippen molar-refractivity contribution in [2.75, 3.05) is 0 Å². The average molecular weight is 308 g/mol. The minimum Gasteiger partial charge on any atom is -0.344 e. The summed E-state index contributed by atoms with van der Waals surface area (Å²) in [7, 11) is 0. The van der Waals surface area contributed by atoms with Crippen LogP contribution in [0.2, 0.25) is 0 Å². The smallest absolute Gasteiger partial charge is 0.254 e. The normalized spacial score (nSPS) is 20.1. The summed E-state index contributed by atoms with van der Waals surface area (Å²) in [5.41, 5.74) is 1.82. The van der Waals surface area contributed by atoms with Crippen LogP contribution in [0.25, 0.3) is 0 Å². The van der Waals surface area contributed by atoms with Crippen LogP contribution < -0.4 is 5.32 Å². The molecule has 1 aliphatic carbocycles. The first-order chi connectivity index (χ1) is 10.1. The Morgan fingerprint density at radius 1 is 1.19 bits per heavy atom. The van der Waals surface area contributed by atoms with Crippen LogP contribution in [0.5, 0.6) is 0 Å². The maximum absolute atomic E-state index is 13.6. The third kappa shape index (κ3) is 2.63. The summed E-state index contributed by atoms with van der Waals surface area (Å²) < 4.78 is 26.5. The van der Waals surface area contributed by atoms with Gasteiger partial charge in [0.25, 0.3) is 5.91 Å². The first-order valence-corrected chi connectivity index (χ1v) is 6.97. The third-order valence-corrected chi connectivity index (χ3v) is 4.04. The molecule has 1 amide bonds. The molecule has 0 aromatic heterocycles. The quantitative estimate of drug-likeness (QED) is 0.844. The van der Waals surface area contributed by atoms with Crippen LogP contribution in [-0.2, 0) is 6.42 Å². The van der Waals surface area contributed by atoms with Crippen molar-refractivity contribution in [1.82, 2.24) is 5.32 Å². The number of amides is 1. The molecule has 0 aliphatic heterocycles. The maximum Gasteiger partial charge on any atom is 0.254 e. The van der Waals surface area contributed by atoms with Crippen molar-refractivity contribution in [2.24, 2.45) is 0 Å². The standard InChI is InChI=1S/C16H12ClF2NO/c17-13-7-9-3-1-2-4-11(9)15(13)20-16(21)12-6-5-10(18)8-14(12)19/h1-6,8,13,15H,7H2,(H,20,21). The van der Waals surface area contributed by atoms with Crippen molar-refractivity contribution in [3.63, 3.8) is 0 Å². The van der Waals surface area contributed by atoms with Crippen molar-refractivity contribution in [1.29, 1.82) is 0 Å². The summed E-state index contributed by atoms with van der Waals surface area (Å²) in [6.07, 6.45) is 0.647. The van der Waals surface area contributed by atoms with E-state index < -0.39 is 17.5 Å². The van der Waals surface area contributed by atoms with Crippen LogP contribution in [0.4, 0.5) is 8.78 Å². The number of carbonyl (C=O) groups excluding carboxylic acids is 1. The number of alkyl halides is 1. The van der Waals surface area contributed by atoms with Gasteiger partial charge in [0.05, 0.1) is 17.0 Å². The van der Waals surface area contributed by atoms with Crippen molar-refractivity contribution in [3.05, 3.63) is 70.8 Å². The molecule has 5 heteroatoms. The third-order valence-electron chi connectivity index (χ3n) is 3.63. The molecular weight excluding hydrogens is 296 g/mol. The predicted molar refractivity (Wildman–Crippen MR) is 76.4 cm³/mol. The Morgan fingerprint density at radius 2 is 1.95 bits per heavy atom. The first kappa shape index (κ1) is 14.0. The van der Waals surface area contributed by atoms with E-state index in [0.29, 0.717) is 12.5 Å². The molecule has 0 saturated heterocycles. The summed E-state index contributed by atoms with van der Waals surface area (Å²) >= 11 is 6.27. The summed E-state index contributed by atoms with van der Waals surface area (Å²) in [6, 6.07) is 10.1. The van der Waals surface area contributed by atoms with E-state index in [1.54, 1.807) is 0 Å². The molecule has 1 N–H and O–H groups in total. The number of hydrogen-bond acceptors (Lipinski definition) is 1. The van der Waals surface area contributed by atoms with Gasteiger partial charge in [0, 0.05) is 6.07 Å². The van der Waals surface area contributed by atoms with E-state index >= 15 is 0 Å². The zero-order valence-electron chi connectivity index (χ0n) is 10.9. The van der Waals surface area contributed by atoms with E-state index in [-0.39, 0.29) is 17.0 Å². The number of halogens is 3. The number of hydrogen-bond donors (Lipinski definition) is 1. The number of nitrogens with one attached hydrogen (secondary N) is 1. The fourth-order valence-electron chi connectivity index (χ4n) is 2.61. The Bertz CT molecular complexity index is 704.